The van der Waals surface area contributed by atoms with E-state index in [9.17, 15) is 0 Å². The molecule has 1 aliphatic heterocycles. The standard InChI is InChI=1S/C12H19NS2/c1-12(6-4-8-15-12)11(13-2)9-10-5-3-7-14-10/h3,5,7,11,13H,4,6,8-9H2,1-2H3. The molecular weight excluding hydrogens is 222 g/mol. The summed E-state index contributed by atoms with van der Waals surface area (Å²) in [5, 5.41) is 5.68. The van der Waals surface area contributed by atoms with Crippen LogP contribution in [0.4, 0.5) is 0 Å². The quantitative estimate of drug-likeness (QED) is 0.869. The molecule has 0 aromatic carbocycles. The fraction of sp³-hybridized carbons (Fsp3) is 0.667. The molecule has 1 saturated heterocycles. The number of likely N-dealkylation sites (N-methyl/N-ethyl adjacent to an activating group) is 1. The predicted molar refractivity (Wildman–Crippen MR) is 71.0 cm³/mol. The van der Waals surface area contributed by atoms with E-state index < -0.39 is 0 Å². The molecule has 0 radical (unpaired) electrons. The Labute approximate surface area is 101 Å². The van der Waals surface area contributed by atoms with Gasteiger partial charge in [0.2, 0.25) is 0 Å². The van der Waals surface area contributed by atoms with E-state index in [4.69, 9.17) is 0 Å². The number of hydrogen-bond acceptors (Lipinski definition) is 3. The summed E-state index contributed by atoms with van der Waals surface area (Å²) >= 11 is 4.02. The molecule has 1 nitrogen and oxygen atoms in total. The lowest BCUT2D eigenvalue weighted by Crippen LogP contribution is -2.44. The van der Waals surface area contributed by atoms with Crippen LogP contribution < -0.4 is 5.32 Å². The molecule has 0 bridgehead atoms. The SMILES string of the molecule is CNC(Cc1cccs1)C1(C)CCCS1. The van der Waals surface area contributed by atoms with Gasteiger partial charge in [0.1, 0.15) is 0 Å². The van der Waals surface area contributed by atoms with Crippen LogP contribution in [0.1, 0.15) is 24.6 Å². The molecule has 0 amide bonds. The van der Waals surface area contributed by atoms with E-state index in [1.54, 1.807) is 0 Å². The molecule has 2 atom stereocenters. The second-order valence-corrected chi connectivity index (χ2v) is 7.05. The van der Waals surface area contributed by atoms with Gasteiger partial charge >= 0.3 is 0 Å². The second-order valence-electron chi connectivity index (χ2n) is 4.39. The van der Waals surface area contributed by atoms with Crippen LogP contribution in [0.15, 0.2) is 17.5 Å². The van der Waals surface area contributed by atoms with Gasteiger partial charge in [0, 0.05) is 15.7 Å². The maximum absolute atomic E-state index is 3.51. The zero-order valence-corrected chi connectivity index (χ0v) is 11.1. The van der Waals surface area contributed by atoms with Gasteiger partial charge in [-0.1, -0.05) is 6.07 Å². The first-order valence-electron chi connectivity index (χ1n) is 5.58. The topological polar surface area (TPSA) is 12.0 Å². The van der Waals surface area contributed by atoms with Gasteiger partial charge in [0.05, 0.1) is 0 Å². The summed E-state index contributed by atoms with van der Waals surface area (Å²) in [4.78, 5) is 1.50. The van der Waals surface area contributed by atoms with Crippen LogP contribution in [-0.4, -0.2) is 23.6 Å². The Hall–Kier alpha value is 0.01000. The van der Waals surface area contributed by atoms with E-state index in [1.165, 1.54) is 29.9 Å². The van der Waals surface area contributed by atoms with Gasteiger partial charge in [-0.05, 0) is 50.4 Å². The van der Waals surface area contributed by atoms with E-state index in [0.29, 0.717) is 10.8 Å². The molecule has 1 aliphatic rings. The van der Waals surface area contributed by atoms with Crippen LogP contribution >= 0.6 is 23.1 Å². The van der Waals surface area contributed by atoms with Gasteiger partial charge in [-0.25, -0.2) is 0 Å². The van der Waals surface area contributed by atoms with Gasteiger partial charge in [-0.3, -0.25) is 0 Å². The van der Waals surface area contributed by atoms with Crippen molar-refractivity contribution < 1.29 is 0 Å². The molecule has 1 N–H and O–H groups in total. The first-order chi connectivity index (χ1) is 7.24. The summed E-state index contributed by atoms with van der Waals surface area (Å²) in [7, 11) is 2.10. The number of hydrogen-bond donors (Lipinski definition) is 1. The van der Waals surface area contributed by atoms with Crippen molar-refractivity contribution in [1.29, 1.82) is 0 Å². The fourth-order valence-corrected chi connectivity index (χ4v) is 4.53. The van der Waals surface area contributed by atoms with Crippen LogP contribution in [0.25, 0.3) is 0 Å². The van der Waals surface area contributed by atoms with E-state index >= 15 is 0 Å². The van der Waals surface area contributed by atoms with Gasteiger partial charge in [-0.2, -0.15) is 11.8 Å². The zero-order chi connectivity index (χ0) is 10.7. The van der Waals surface area contributed by atoms with Crippen molar-refractivity contribution >= 4 is 23.1 Å². The monoisotopic (exact) mass is 241 g/mol. The van der Waals surface area contributed by atoms with Crippen LogP contribution in [0.5, 0.6) is 0 Å². The van der Waals surface area contributed by atoms with Crippen molar-refractivity contribution in [2.24, 2.45) is 0 Å². The number of rotatable bonds is 4. The van der Waals surface area contributed by atoms with Gasteiger partial charge < -0.3 is 5.32 Å². The highest BCUT2D eigenvalue weighted by Crippen LogP contribution is 2.41. The number of nitrogens with one attached hydrogen (secondary N) is 1. The molecule has 2 rings (SSSR count). The van der Waals surface area contributed by atoms with Crippen molar-refractivity contribution in [3.05, 3.63) is 22.4 Å². The van der Waals surface area contributed by atoms with Crippen LogP contribution in [0.3, 0.4) is 0 Å². The summed E-state index contributed by atoms with van der Waals surface area (Å²) < 4.78 is 0.443. The smallest absolute Gasteiger partial charge is 0.0288 e. The minimum atomic E-state index is 0.443. The molecule has 3 heteroatoms. The van der Waals surface area contributed by atoms with Crippen molar-refractivity contribution in [1.82, 2.24) is 5.32 Å². The molecule has 1 aromatic heterocycles. The van der Waals surface area contributed by atoms with Crippen molar-refractivity contribution in [3.63, 3.8) is 0 Å². The minimum Gasteiger partial charge on any atom is -0.315 e. The predicted octanol–water partition coefficient (Wildman–Crippen LogP) is 3.16. The second kappa shape index (κ2) is 4.89. The average molecular weight is 241 g/mol. The van der Waals surface area contributed by atoms with Gasteiger partial charge in [-0.15, -0.1) is 11.3 Å². The molecular formula is C12H19NS2. The summed E-state index contributed by atoms with van der Waals surface area (Å²) in [5.74, 6) is 1.33. The number of thioether (sulfide) groups is 1. The maximum Gasteiger partial charge on any atom is 0.0288 e. The Kier molecular flexibility index (Phi) is 3.75. The molecule has 0 saturated carbocycles. The summed E-state index contributed by atoms with van der Waals surface area (Å²) in [6, 6.07) is 5.01. The Morgan fingerprint density at radius 2 is 2.47 bits per heavy atom. The lowest BCUT2D eigenvalue weighted by Gasteiger charge is -2.33. The van der Waals surface area contributed by atoms with Crippen molar-refractivity contribution in [3.8, 4) is 0 Å². The normalized spacial score (nSPS) is 28.1. The lowest BCUT2D eigenvalue weighted by molar-refractivity contribution is 0.426. The van der Waals surface area contributed by atoms with E-state index in [2.05, 4.69) is 48.6 Å². The minimum absolute atomic E-state index is 0.443. The average Bonchev–Trinajstić information content (AvgIpc) is 2.85. The lowest BCUT2D eigenvalue weighted by atomic mass is 9.93. The highest BCUT2D eigenvalue weighted by molar-refractivity contribution is 8.00. The van der Waals surface area contributed by atoms with Crippen molar-refractivity contribution in [2.45, 2.75) is 37.0 Å². The van der Waals surface area contributed by atoms with Crippen LogP contribution in [-0.2, 0) is 6.42 Å². The summed E-state index contributed by atoms with van der Waals surface area (Å²) in [6.07, 6.45) is 3.91. The third-order valence-corrected chi connectivity index (χ3v) is 5.86. The maximum atomic E-state index is 3.51. The van der Waals surface area contributed by atoms with Gasteiger partial charge in [0.15, 0.2) is 0 Å². The summed E-state index contributed by atoms with van der Waals surface area (Å²) in [5.41, 5.74) is 0. The van der Waals surface area contributed by atoms with Crippen LogP contribution in [0, 0.1) is 0 Å². The molecule has 0 spiro atoms. The molecule has 1 aromatic rings. The highest BCUT2D eigenvalue weighted by Gasteiger charge is 2.36. The fourth-order valence-electron chi connectivity index (χ4n) is 2.33. The molecule has 2 unspecified atom stereocenters. The third-order valence-electron chi connectivity index (χ3n) is 3.32. The molecule has 2 heterocycles. The van der Waals surface area contributed by atoms with Gasteiger partial charge in [0.25, 0.3) is 0 Å². The largest absolute Gasteiger partial charge is 0.315 e. The molecule has 1 fully saturated rings. The van der Waals surface area contributed by atoms with Crippen molar-refractivity contribution in [2.75, 3.05) is 12.8 Å². The first kappa shape index (κ1) is 11.5. The Bertz CT molecular complexity index is 289. The van der Waals surface area contributed by atoms with E-state index in [0.717, 1.165) is 0 Å². The Balaban J connectivity index is 2.03. The molecule has 15 heavy (non-hydrogen) atoms. The first-order valence-corrected chi connectivity index (χ1v) is 7.45. The molecule has 84 valence electrons. The summed E-state index contributed by atoms with van der Waals surface area (Å²) in [6.45, 7) is 2.42. The Morgan fingerprint density at radius 3 is 3.00 bits per heavy atom. The molecule has 0 aliphatic carbocycles. The zero-order valence-electron chi connectivity index (χ0n) is 9.45. The highest BCUT2D eigenvalue weighted by atomic mass is 32.2. The number of thiophene rings is 1. The Morgan fingerprint density at radius 1 is 1.60 bits per heavy atom. The van der Waals surface area contributed by atoms with Crippen LogP contribution in [0.2, 0.25) is 0 Å². The van der Waals surface area contributed by atoms with E-state index in [1.807, 2.05) is 11.3 Å². The van der Waals surface area contributed by atoms with E-state index in [-0.39, 0.29) is 0 Å². The third kappa shape index (κ3) is 2.58.